The summed E-state index contributed by atoms with van der Waals surface area (Å²) in [5.41, 5.74) is 0. The van der Waals surface area contributed by atoms with Crippen LogP contribution in [0.5, 0.6) is 0 Å². The standard InChI is InChI=1S/3CH3FO4S.Ce/c3*2-1-6-7(3,4)5;/h3*1H2,(H,3,4,5);/q;;;+3/p-3. The van der Waals surface area contributed by atoms with Crippen LogP contribution in [0, 0.1) is 41.7 Å². The Morgan fingerprint density at radius 2 is 0.727 bits per heavy atom. The molecule has 0 N–H and O–H groups in total. The Morgan fingerprint density at radius 1 is 0.591 bits per heavy atom. The van der Waals surface area contributed by atoms with E-state index in [4.69, 9.17) is 0 Å². The zero-order valence-corrected chi connectivity index (χ0v) is 15.5. The molecule has 0 rings (SSSR count). The van der Waals surface area contributed by atoms with E-state index in [1.54, 1.807) is 0 Å². The third kappa shape index (κ3) is 49.8. The van der Waals surface area contributed by atoms with E-state index in [0.717, 1.165) is 0 Å². The van der Waals surface area contributed by atoms with Crippen molar-refractivity contribution in [2.45, 2.75) is 0 Å². The van der Waals surface area contributed by atoms with Crippen LogP contribution in [-0.4, -0.2) is 59.5 Å². The van der Waals surface area contributed by atoms with Gasteiger partial charge in [0.15, 0.2) is 0 Å². The molecule has 19 heteroatoms. The van der Waals surface area contributed by atoms with Gasteiger partial charge < -0.3 is 13.7 Å². The van der Waals surface area contributed by atoms with Crippen LogP contribution in [0.2, 0.25) is 0 Å². The summed E-state index contributed by atoms with van der Waals surface area (Å²) < 4.78 is 124. The fraction of sp³-hybridized carbons (Fsp3) is 1.00. The predicted molar refractivity (Wildman–Crippen MR) is 50.3 cm³/mol. The van der Waals surface area contributed by atoms with E-state index in [9.17, 15) is 52.1 Å². The molecule has 0 saturated heterocycles. The van der Waals surface area contributed by atoms with E-state index < -0.39 is 51.8 Å². The van der Waals surface area contributed by atoms with Crippen molar-refractivity contribution in [3.63, 3.8) is 0 Å². The maximum atomic E-state index is 10.7. The molecule has 0 spiro atoms. The molecule has 0 heterocycles. The fourth-order valence-corrected chi connectivity index (χ4v) is 0.491. The Labute approximate surface area is 157 Å². The van der Waals surface area contributed by atoms with E-state index in [-0.39, 0.29) is 41.7 Å². The molecule has 0 aromatic carbocycles. The molecule has 0 unspecified atom stereocenters. The minimum absolute atomic E-state index is 0. The first kappa shape index (κ1) is 30.6. The van der Waals surface area contributed by atoms with Gasteiger partial charge in [-0.15, -0.1) is 0 Å². The van der Waals surface area contributed by atoms with Crippen LogP contribution in [0.25, 0.3) is 0 Å². The number of halogens is 3. The molecular weight excluding hydrogens is 521 g/mol. The van der Waals surface area contributed by atoms with E-state index in [1.807, 2.05) is 0 Å². The first-order chi connectivity index (χ1) is 9.18. The Hall–Kier alpha value is 0.777. The molecule has 0 aliphatic carbocycles. The molecule has 0 atom stereocenters. The predicted octanol–water partition coefficient (Wildman–Crippen LogP) is -1.83. The van der Waals surface area contributed by atoms with Crippen molar-refractivity contribution in [1.82, 2.24) is 0 Å². The van der Waals surface area contributed by atoms with Gasteiger partial charge in [0, 0.05) is 0 Å². The van der Waals surface area contributed by atoms with Crippen LogP contribution in [0.4, 0.5) is 13.2 Å². The van der Waals surface area contributed by atoms with Gasteiger partial charge in [0.05, 0.1) is 0 Å². The van der Waals surface area contributed by atoms with E-state index in [2.05, 4.69) is 12.5 Å². The summed E-state index contributed by atoms with van der Waals surface area (Å²) in [4.78, 5) is 0. The molecule has 0 aromatic rings. The first-order valence-electron chi connectivity index (χ1n) is 3.67. The van der Waals surface area contributed by atoms with Crippen LogP contribution in [-0.2, 0) is 43.7 Å². The molecule has 12 nitrogen and oxygen atoms in total. The van der Waals surface area contributed by atoms with Crippen LogP contribution in [0.15, 0.2) is 0 Å². The fourth-order valence-electron chi connectivity index (χ4n) is 0.164. The van der Waals surface area contributed by atoms with Gasteiger partial charge in [-0.25, -0.2) is 51.0 Å². The van der Waals surface area contributed by atoms with E-state index >= 15 is 0 Å². The van der Waals surface area contributed by atoms with Crippen molar-refractivity contribution in [2.24, 2.45) is 0 Å². The van der Waals surface area contributed by atoms with Gasteiger partial charge in [-0.05, 0) is 0 Å². The maximum absolute atomic E-state index is 10.7. The maximum Gasteiger partial charge on any atom is 3.00 e. The van der Waals surface area contributed by atoms with Gasteiger partial charge in [0.25, 0.3) is 0 Å². The molecule has 0 bridgehead atoms. The van der Waals surface area contributed by atoms with Crippen molar-refractivity contribution < 1.29 is 106 Å². The number of hydrogen-bond donors (Lipinski definition) is 0. The van der Waals surface area contributed by atoms with Gasteiger partial charge in [0.2, 0.25) is 51.8 Å². The van der Waals surface area contributed by atoms with Gasteiger partial charge in [0.1, 0.15) is 0 Å². The van der Waals surface area contributed by atoms with E-state index in [0.29, 0.717) is 0 Å². The van der Waals surface area contributed by atoms with Gasteiger partial charge in [-0.1, -0.05) is 0 Å². The Morgan fingerprint density at radius 3 is 0.727 bits per heavy atom. The third-order valence-corrected chi connectivity index (χ3v) is 1.70. The minimum Gasteiger partial charge on any atom is -0.725 e. The van der Waals surface area contributed by atoms with Gasteiger partial charge in [-0.2, -0.15) is 0 Å². The summed E-state index contributed by atoms with van der Waals surface area (Å²) >= 11 is 0. The molecule has 0 amide bonds. The van der Waals surface area contributed by atoms with Gasteiger partial charge in [-0.3, -0.25) is 0 Å². The molecule has 1 radical (unpaired) electrons. The second kappa shape index (κ2) is 15.3. The monoisotopic (exact) mass is 527 g/mol. The zero-order valence-electron chi connectivity index (χ0n) is 9.88. The van der Waals surface area contributed by atoms with Crippen molar-refractivity contribution in [2.75, 3.05) is 20.6 Å². The summed E-state index contributed by atoms with van der Waals surface area (Å²) in [5.74, 6) is 0. The van der Waals surface area contributed by atoms with Crippen molar-refractivity contribution in [1.29, 1.82) is 0 Å². The molecule has 0 aromatic heterocycles. The summed E-state index contributed by atoms with van der Waals surface area (Å²) in [6, 6.07) is 0. The average molecular weight is 527 g/mol. The second-order valence-corrected chi connectivity index (χ2v) is 5.06. The number of rotatable bonds is 6. The van der Waals surface area contributed by atoms with Crippen LogP contribution >= 0.6 is 0 Å². The molecule has 0 aliphatic heterocycles. The minimum atomic E-state index is -4.80. The summed E-state index contributed by atoms with van der Waals surface area (Å²) in [5, 5.41) is 0. The first-order valence-corrected chi connectivity index (χ1v) is 7.67. The molecular formula is C3H6CeF3O12S3. The normalized spacial score (nSPS) is 11.2. The molecule has 0 saturated carbocycles. The summed E-state index contributed by atoms with van der Waals surface area (Å²) in [7, 11) is -14.4. The largest absolute Gasteiger partial charge is 3.00 e. The molecule has 133 valence electrons. The Bertz CT molecular complexity index is 461. The molecule has 22 heavy (non-hydrogen) atoms. The van der Waals surface area contributed by atoms with Crippen molar-refractivity contribution >= 4 is 31.2 Å². The van der Waals surface area contributed by atoms with Crippen LogP contribution in [0.1, 0.15) is 0 Å². The quantitative estimate of drug-likeness (QED) is 0.277. The smallest absolute Gasteiger partial charge is 0.725 e. The van der Waals surface area contributed by atoms with Gasteiger partial charge >= 0.3 is 41.7 Å². The van der Waals surface area contributed by atoms with Crippen molar-refractivity contribution in [3.8, 4) is 0 Å². The summed E-state index contributed by atoms with van der Waals surface area (Å²) in [6.45, 7) is -4.77. The van der Waals surface area contributed by atoms with Crippen LogP contribution < -0.4 is 0 Å². The number of alkyl halides is 3. The molecule has 0 aliphatic rings. The zero-order chi connectivity index (χ0) is 17.7. The third-order valence-electron chi connectivity index (χ3n) is 0.567. The topological polar surface area (TPSA) is 199 Å². The second-order valence-electron chi connectivity index (χ2n) is 1.91. The van der Waals surface area contributed by atoms with Crippen molar-refractivity contribution in [3.05, 3.63) is 0 Å². The summed E-state index contributed by atoms with van der Waals surface area (Å²) in [6.07, 6.45) is 0. The average Bonchev–Trinajstić information content (AvgIpc) is 2.12. The Balaban J connectivity index is -0.000000108. The SMILES string of the molecule is O=S(=O)([O-])OCF.O=S(=O)([O-])OCF.O=S(=O)([O-])OCF.[Ce+3]. The number of hydrogen-bond acceptors (Lipinski definition) is 12. The Kier molecular flexibility index (Phi) is 21.3. The van der Waals surface area contributed by atoms with E-state index in [1.165, 1.54) is 0 Å². The van der Waals surface area contributed by atoms with Crippen LogP contribution in [0.3, 0.4) is 0 Å². The molecule has 0 fully saturated rings.